The number of benzene rings is 3. The minimum atomic E-state index is -0.745. The molecule has 0 saturated heterocycles. The molecule has 0 aliphatic heterocycles. The molecule has 0 fully saturated rings. The summed E-state index contributed by atoms with van der Waals surface area (Å²) in [5.74, 6) is 0.893. The summed E-state index contributed by atoms with van der Waals surface area (Å²) in [6, 6.07) is 19.7. The number of hydrogen-bond donors (Lipinski definition) is 2. The minimum absolute atomic E-state index is 0.128. The predicted molar refractivity (Wildman–Crippen MR) is 144 cm³/mol. The molecule has 0 aromatic heterocycles. The molecular formula is C27H28BrClN2O4. The second kappa shape index (κ2) is 12.6. The predicted octanol–water partition coefficient (Wildman–Crippen LogP) is 7.04. The van der Waals surface area contributed by atoms with Gasteiger partial charge in [-0.05, 0) is 89.3 Å². The van der Waals surface area contributed by atoms with Gasteiger partial charge in [0, 0.05) is 11.4 Å². The molecule has 2 atom stereocenters. The first kappa shape index (κ1) is 26.6. The molecule has 0 radical (unpaired) electrons. The third-order valence-electron chi connectivity index (χ3n) is 5.44. The van der Waals surface area contributed by atoms with Crippen LogP contribution in [0.5, 0.6) is 11.5 Å². The average Bonchev–Trinajstić information content (AvgIpc) is 2.85. The molecule has 8 heteroatoms. The van der Waals surface area contributed by atoms with Crippen molar-refractivity contribution in [2.75, 3.05) is 17.2 Å². The summed E-state index contributed by atoms with van der Waals surface area (Å²) in [7, 11) is 0. The van der Waals surface area contributed by atoms with Gasteiger partial charge in [-0.25, -0.2) is 0 Å². The van der Waals surface area contributed by atoms with E-state index in [0.29, 0.717) is 33.8 Å². The second-order valence-electron chi connectivity index (χ2n) is 8.09. The molecule has 184 valence electrons. The molecule has 3 aromatic rings. The SMILES string of the molecule is CCC(C)c1ccc(OCC(=O)Nc2ccc(NC(=O)C(C)Oc3ccccc3Cl)cc2)c(Br)c1. The lowest BCUT2D eigenvalue weighted by Crippen LogP contribution is -2.30. The number of nitrogens with one attached hydrogen (secondary N) is 2. The van der Waals surface area contributed by atoms with E-state index in [9.17, 15) is 9.59 Å². The lowest BCUT2D eigenvalue weighted by Gasteiger charge is -2.16. The molecule has 0 aliphatic rings. The summed E-state index contributed by atoms with van der Waals surface area (Å²) in [4.78, 5) is 24.8. The first-order valence-electron chi connectivity index (χ1n) is 11.3. The zero-order chi connectivity index (χ0) is 25.4. The Morgan fingerprint density at radius 1 is 0.943 bits per heavy atom. The third kappa shape index (κ3) is 7.73. The summed E-state index contributed by atoms with van der Waals surface area (Å²) in [5.41, 5.74) is 2.38. The van der Waals surface area contributed by atoms with E-state index in [0.717, 1.165) is 10.9 Å². The Kier molecular flexibility index (Phi) is 9.57. The van der Waals surface area contributed by atoms with Gasteiger partial charge < -0.3 is 20.1 Å². The second-order valence-corrected chi connectivity index (χ2v) is 9.35. The van der Waals surface area contributed by atoms with Crippen LogP contribution in [0.25, 0.3) is 0 Å². The molecule has 0 bridgehead atoms. The molecular weight excluding hydrogens is 532 g/mol. The molecule has 3 rings (SSSR count). The maximum Gasteiger partial charge on any atom is 0.265 e. The van der Waals surface area contributed by atoms with Gasteiger partial charge in [-0.15, -0.1) is 0 Å². The smallest absolute Gasteiger partial charge is 0.265 e. The van der Waals surface area contributed by atoms with Crippen molar-refractivity contribution >= 4 is 50.7 Å². The quantitative estimate of drug-likeness (QED) is 0.279. The van der Waals surface area contributed by atoms with Crippen molar-refractivity contribution in [3.63, 3.8) is 0 Å². The Morgan fingerprint density at radius 3 is 2.23 bits per heavy atom. The van der Waals surface area contributed by atoms with Crippen LogP contribution in [-0.2, 0) is 9.59 Å². The van der Waals surface area contributed by atoms with Gasteiger partial charge in [-0.3, -0.25) is 9.59 Å². The van der Waals surface area contributed by atoms with Gasteiger partial charge in [-0.1, -0.05) is 43.6 Å². The van der Waals surface area contributed by atoms with E-state index in [2.05, 4.69) is 40.4 Å². The Balaban J connectivity index is 1.48. The van der Waals surface area contributed by atoms with Crippen molar-refractivity contribution < 1.29 is 19.1 Å². The van der Waals surface area contributed by atoms with Crippen LogP contribution in [0.15, 0.2) is 71.2 Å². The van der Waals surface area contributed by atoms with E-state index in [1.165, 1.54) is 5.56 Å². The van der Waals surface area contributed by atoms with Gasteiger partial charge in [0.05, 0.1) is 9.50 Å². The van der Waals surface area contributed by atoms with Crippen LogP contribution in [-0.4, -0.2) is 24.5 Å². The molecule has 2 unspecified atom stereocenters. The van der Waals surface area contributed by atoms with E-state index >= 15 is 0 Å². The molecule has 35 heavy (non-hydrogen) atoms. The highest BCUT2D eigenvalue weighted by Gasteiger charge is 2.16. The molecule has 0 aliphatic carbocycles. The first-order valence-corrected chi connectivity index (χ1v) is 12.5. The summed E-state index contributed by atoms with van der Waals surface area (Å²) in [6.45, 7) is 5.83. The van der Waals surface area contributed by atoms with Crippen LogP contribution < -0.4 is 20.1 Å². The number of rotatable bonds is 10. The highest BCUT2D eigenvalue weighted by molar-refractivity contribution is 9.10. The van der Waals surface area contributed by atoms with Crippen molar-refractivity contribution in [2.24, 2.45) is 0 Å². The number of para-hydroxylation sites is 1. The van der Waals surface area contributed by atoms with Gasteiger partial charge in [0.25, 0.3) is 11.8 Å². The number of hydrogen-bond acceptors (Lipinski definition) is 4. The Labute approximate surface area is 219 Å². The highest BCUT2D eigenvalue weighted by atomic mass is 79.9. The zero-order valence-electron chi connectivity index (χ0n) is 19.8. The number of amides is 2. The molecule has 6 nitrogen and oxygen atoms in total. The number of ether oxygens (including phenoxy) is 2. The van der Waals surface area contributed by atoms with Gasteiger partial charge in [0.2, 0.25) is 0 Å². The number of carbonyl (C=O) groups is 2. The molecule has 0 saturated carbocycles. The van der Waals surface area contributed by atoms with Gasteiger partial charge in [-0.2, -0.15) is 0 Å². The number of halogens is 2. The maximum atomic E-state index is 12.4. The van der Waals surface area contributed by atoms with Crippen molar-refractivity contribution in [1.82, 2.24) is 0 Å². The topological polar surface area (TPSA) is 76.7 Å². The Morgan fingerprint density at radius 2 is 1.60 bits per heavy atom. The summed E-state index contributed by atoms with van der Waals surface area (Å²) >= 11 is 9.59. The standard InChI is InChI=1S/C27H28BrClN2O4/c1-4-17(2)19-9-14-24(22(28)15-19)34-16-26(32)30-20-10-12-21(13-11-20)31-27(33)18(3)35-25-8-6-5-7-23(25)29/h5-15,17-18H,4,16H2,1-3H3,(H,30,32)(H,31,33). The first-order chi connectivity index (χ1) is 16.8. The van der Waals surface area contributed by atoms with E-state index in [-0.39, 0.29) is 18.4 Å². The van der Waals surface area contributed by atoms with Crippen molar-refractivity contribution in [2.45, 2.75) is 39.2 Å². The highest BCUT2D eigenvalue weighted by Crippen LogP contribution is 2.30. The van der Waals surface area contributed by atoms with Crippen molar-refractivity contribution in [3.05, 3.63) is 81.8 Å². The molecule has 2 N–H and O–H groups in total. The largest absolute Gasteiger partial charge is 0.483 e. The van der Waals surface area contributed by atoms with Crippen molar-refractivity contribution in [1.29, 1.82) is 0 Å². The molecule has 3 aromatic carbocycles. The molecule has 2 amide bonds. The fourth-order valence-corrected chi connectivity index (χ4v) is 3.87. The van der Waals surface area contributed by atoms with E-state index in [1.54, 1.807) is 55.5 Å². The normalized spacial score (nSPS) is 12.4. The van der Waals surface area contributed by atoms with Crippen LogP contribution in [0.3, 0.4) is 0 Å². The van der Waals surface area contributed by atoms with Crippen LogP contribution in [0.4, 0.5) is 11.4 Å². The lowest BCUT2D eigenvalue weighted by molar-refractivity contribution is -0.122. The number of anilines is 2. The zero-order valence-corrected chi connectivity index (χ0v) is 22.2. The van der Waals surface area contributed by atoms with E-state index < -0.39 is 6.10 Å². The van der Waals surface area contributed by atoms with Crippen molar-refractivity contribution in [3.8, 4) is 11.5 Å². The van der Waals surface area contributed by atoms with Gasteiger partial charge in [0.15, 0.2) is 12.7 Å². The monoisotopic (exact) mass is 558 g/mol. The van der Waals surface area contributed by atoms with Crippen LogP contribution in [0.2, 0.25) is 5.02 Å². The lowest BCUT2D eigenvalue weighted by atomic mass is 9.99. The number of carbonyl (C=O) groups excluding carboxylic acids is 2. The minimum Gasteiger partial charge on any atom is -0.483 e. The van der Waals surface area contributed by atoms with Crippen LogP contribution in [0.1, 0.15) is 38.7 Å². The van der Waals surface area contributed by atoms with Gasteiger partial charge in [0.1, 0.15) is 11.5 Å². The van der Waals surface area contributed by atoms with Gasteiger partial charge >= 0.3 is 0 Å². The summed E-state index contributed by atoms with van der Waals surface area (Å²) in [6.07, 6.45) is 0.303. The van der Waals surface area contributed by atoms with E-state index in [4.69, 9.17) is 21.1 Å². The molecule has 0 heterocycles. The molecule has 0 spiro atoms. The average molecular weight is 560 g/mol. The van der Waals surface area contributed by atoms with E-state index in [1.807, 2.05) is 18.2 Å². The Hall–Kier alpha value is -3.03. The maximum absolute atomic E-state index is 12.4. The van der Waals surface area contributed by atoms with Crippen LogP contribution in [0, 0.1) is 0 Å². The third-order valence-corrected chi connectivity index (χ3v) is 6.37. The Bertz CT molecular complexity index is 1170. The fraction of sp³-hybridized carbons (Fsp3) is 0.259. The fourth-order valence-electron chi connectivity index (χ4n) is 3.18. The van der Waals surface area contributed by atoms with Crippen LogP contribution >= 0.6 is 27.5 Å². The summed E-state index contributed by atoms with van der Waals surface area (Å²) in [5, 5.41) is 6.00. The summed E-state index contributed by atoms with van der Waals surface area (Å²) < 4.78 is 12.1.